The maximum atomic E-state index is 12.6. The van der Waals surface area contributed by atoms with Crippen LogP contribution < -0.4 is 15.4 Å². The lowest BCUT2D eigenvalue weighted by Crippen LogP contribution is -2.39. The Balaban J connectivity index is 0.00000450. The van der Waals surface area contributed by atoms with Crippen molar-refractivity contribution in [2.24, 2.45) is 4.99 Å². The Hall–Kier alpha value is -1.95. The van der Waals surface area contributed by atoms with Crippen molar-refractivity contribution in [1.82, 2.24) is 10.6 Å². The zero-order valence-corrected chi connectivity index (χ0v) is 19.9. The molecule has 0 aliphatic carbocycles. The molecule has 30 heavy (non-hydrogen) atoms. The molecule has 0 unspecified atom stereocenters. The van der Waals surface area contributed by atoms with Crippen LogP contribution >= 0.6 is 24.0 Å². The van der Waals surface area contributed by atoms with Gasteiger partial charge < -0.3 is 15.4 Å². The number of guanidine groups is 1. The summed E-state index contributed by atoms with van der Waals surface area (Å²) in [7, 11) is -3.41. The van der Waals surface area contributed by atoms with Gasteiger partial charge in [0.05, 0.1) is 17.2 Å². The Labute approximate surface area is 193 Å². The number of aliphatic imine (C=N–C) groups is 1. The number of aryl methyl sites for hydroxylation is 1. The van der Waals surface area contributed by atoms with Crippen LogP contribution in [0.4, 0.5) is 8.78 Å². The van der Waals surface area contributed by atoms with Crippen LogP contribution in [-0.2, 0) is 16.4 Å². The molecular weight excluding hydrogens is 527 g/mol. The third-order valence-electron chi connectivity index (χ3n) is 3.95. The number of nitrogens with one attached hydrogen (secondary N) is 2. The minimum absolute atomic E-state index is 0. The molecule has 0 aliphatic heterocycles. The fourth-order valence-corrected chi connectivity index (χ4v) is 3.78. The van der Waals surface area contributed by atoms with Gasteiger partial charge in [0.25, 0.3) is 0 Å². The Morgan fingerprint density at radius 1 is 1.13 bits per heavy atom. The van der Waals surface area contributed by atoms with E-state index < -0.39 is 16.4 Å². The quantitative estimate of drug-likeness (QED) is 0.281. The Kier molecular flexibility index (Phi) is 11.0. The first-order chi connectivity index (χ1) is 13.8. The first-order valence-electron chi connectivity index (χ1n) is 9.16. The number of hydrogen-bond acceptors (Lipinski definition) is 4. The maximum absolute atomic E-state index is 12.6. The lowest BCUT2D eigenvalue weighted by atomic mass is 10.1. The molecule has 0 atom stereocenters. The second-order valence-corrected chi connectivity index (χ2v) is 8.35. The van der Waals surface area contributed by atoms with Gasteiger partial charge in [-0.25, -0.2) is 13.4 Å². The number of alkyl halides is 2. The average Bonchev–Trinajstić information content (AvgIpc) is 2.68. The van der Waals surface area contributed by atoms with Crippen molar-refractivity contribution in [2.75, 3.05) is 18.8 Å². The number of rotatable bonds is 9. The van der Waals surface area contributed by atoms with Gasteiger partial charge in [-0.3, -0.25) is 0 Å². The Morgan fingerprint density at radius 2 is 1.83 bits per heavy atom. The predicted octanol–water partition coefficient (Wildman–Crippen LogP) is 3.74. The predicted molar refractivity (Wildman–Crippen MR) is 125 cm³/mol. The highest BCUT2D eigenvalue weighted by atomic mass is 127. The van der Waals surface area contributed by atoms with Crippen LogP contribution in [0.3, 0.4) is 0 Å². The van der Waals surface area contributed by atoms with Crippen molar-refractivity contribution >= 4 is 39.8 Å². The van der Waals surface area contributed by atoms with Gasteiger partial charge in [0.2, 0.25) is 0 Å². The van der Waals surface area contributed by atoms with E-state index in [2.05, 4.69) is 20.4 Å². The number of benzene rings is 2. The molecule has 0 saturated carbocycles. The summed E-state index contributed by atoms with van der Waals surface area (Å²) in [6.45, 7) is 1.61. The summed E-state index contributed by atoms with van der Waals surface area (Å²) in [5, 5.41) is 5.97. The van der Waals surface area contributed by atoms with Crippen LogP contribution in [0.1, 0.15) is 18.1 Å². The van der Waals surface area contributed by atoms with E-state index in [0.717, 1.165) is 5.56 Å². The zero-order valence-electron chi connectivity index (χ0n) is 16.8. The van der Waals surface area contributed by atoms with Gasteiger partial charge >= 0.3 is 6.61 Å². The van der Waals surface area contributed by atoms with E-state index in [-0.39, 0.29) is 53.5 Å². The molecule has 2 rings (SSSR count). The van der Waals surface area contributed by atoms with Gasteiger partial charge in [0.1, 0.15) is 5.75 Å². The van der Waals surface area contributed by atoms with E-state index in [1.807, 2.05) is 13.8 Å². The molecule has 166 valence electrons. The fourth-order valence-electron chi connectivity index (χ4n) is 2.60. The normalized spacial score (nSPS) is 11.7. The Bertz CT molecular complexity index is 926. The highest BCUT2D eigenvalue weighted by Crippen LogP contribution is 2.22. The van der Waals surface area contributed by atoms with Gasteiger partial charge in [0.15, 0.2) is 15.8 Å². The van der Waals surface area contributed by atoms with E-state index in [9.17, 15) is 17.2 Å². The molecule has 10 heteroatoms. The lowest BCUT2D eigenvalue weighted by Gasteiger charge is -2.13. The van der Waals surface area contributed by atoms with Crippen LogP contribution in [0.2, 0.25) is 0 Å². The third-order valence-corrected chi connectivity index (χ3v) is 5.68. The standard InChI is InChI=1S/C20H25F2N3O3S.HI/c1-3-23-20(24-11-12-29(26,27)17-7-5-4-6-8-17)25-14-16-13-15(2)9-10-18(16)28-19(21)22;/h4-10,13,19H,3,11-12,14H2,1-2H3,(H2,23,24,25);1H. The summed E-state index contributed by atoms with van der Waals surface area (Å²) < 4.78 is 54.4. The molecule has 6 nitrogen and oxygen atoms in total. The second kappa shape index (κ2) is 12.7. The molecule has 0 bridgehead atoms. The first kappa shape index (κ1) is 26.1. The van der Waals surface area contributed by atoms with Crippen molar-refractivity contribution in [3.05, 3.63) is 59.7 Å². The molecule has 0 radical (unpaired) electrons. The summed E-state index contributed by atoms with van der Waals surface area (Å²) in [4.78, 5) is 4.62. The second-order valence-electron chi connectivity index (χ2n) is 6.24. The van der Waals surface area contributed by atoms with E-state index in [4.69, 9.17) is 0 Å². The molecule has 0 saturated heterocycles. The Morgan fingerprint density at radius 3 is 2.47 bits per heavy atom. The van der Waals surface area contributed by atoms with Gasteiger partial charge in [-0.1, -0.05) is 35.9 Å². The van der Waals surface area contributed by atoms with Crippen LogP contribution in [0.15, 0.2) is 58.4 Å². The van der Waals surface area contributed by atoms with Crippen molar-refractivity contribution in [3.8, 4) is 5.75 Å². The highest BCUT2D eigenvalue weighted by molar-refractivity contribution is 14.0. The van der Waals surface area contributed by atoms with Gasteiger partial charge in [-0.2, -0.15) is 8.78 Å². The summed E-state index contributed by atoms with van der Waals surface area (Å²) in [5.41, 5.74) is 1.41. The minimum atomic E-state index is -3.41. The smallest absolute Gasteiger partial charge is 0.387 e. The molecule has 0 spiro atoms. The number of nitrogens with zero attached hydrogens (tertiary/aromatic N) is 1. The zero-order chi connectivity index (χ0) is 21.3. The van der Waals surface area contributed by atoms with E-state index in [1.165, 1.54) is 6.07 Å². The van der Waals surface area contributed by atoms with Crippen LogP contribution in [-0.4, -0.2) is 39.8 Å². The van der Waals surface area contributed by atoms with Gasteiger partial charge in [-0.15, -0.1) is 24.0 Å². The lowest BCUT2D eigenvalue weighted by molar-refractivity contribution is -0.0504. The fraction of sp³-hybridized carbons (Fsp3) is 0.350. The number of sulfone groups is 1. The van der Waals surface area contributed by atoms with Crippen LogP contribution in [0.5, 0.6) is 5.75 Å². The average molecular weight is 553 g/mol. The number of halogens is 3. The summed E-state index contributed by atoms with van der Waals surface area (Å²) >= 11 is 0. The molecule has 0 aliphatic rings. The number of hydrogen-bond donors (Lipinski definition) is 2. The van der Waals surface area contributed by atoms with Crippen LogP contribution in [0, 0.1) is 6.92 Å². The molecule has 2 N–H and O–H groups in total. The van der Waals surface area contributed by atoms with Gasteiger partial charge in [0, 0.05) is 18.7 Å². The van der Waals surface area contributed by atoms with Crippen molar-refractivity contribution in [1.29, 1.82) is 0 Å². The highest BCUT2D eigenvalue weighted by Gasteiger charge is 2.14. The molecule has 0 fully saturated rings. The topological polar surface area (TPSA) is 79.8 Å². The van der Waals surface area contributed by atoms with Crippen molar-refractivity contribution in [2.45, 2.75) is 31.9 Å². The number of ether oxygens (including phenoxy) is 1. The van der Waals surface area contributed by atoms with Crippen molar-refractivity contribution < 1.29 is 21.9 Å². The summed E-state index contributed by atoms with van der Waals surface area (Å²) in [5.74, 6) is 0.350. The largest absolute Gasteiger partial charge is 0.434 e. The van der Waals surface area contributed by atoms with Crippen LogP contribution in [0.25, 0.3) is 0 Å². The van der Waals surface area contributed by atoms with Gasteiger partial charge in [-0.05, 0) is 32.0 Å². The molecule has 0 aromatic heterocycles. The van der Waals surface area contributed by atoms with E-state index in [0.29, 0.717) is 18.1 Å². The third kappa shape index (κ3) is 8.42. The van der Waals surface area contributed by atoms with E-state index in [1.54, 1.807) is 42.5 Å². The monoisotopic (exact) mass is 553 g/mol. The molecular formula is C20H26F2IN3O3S. The van der Waals surface area contributed by atoms with E-state index >= 15 is 0 Å². The molecule has 2 aromatic carbocycles. The summed E-state index contributed by atoms with van der Waals surface area (Å²) in [6, 6.07) is 13.1. The summed E-state index contributed by atoms with van der Waals surface area (Å²) in [6.07, 6.45) is 0. The molecule has 0 amide bonds. The maximum Gasteiger partial charge on any atom is 0.387 e. The molecule has 0 heterocycles. The SMILES string of the molecule is CCNC(=NCc1cc(C)ccc1OC(F)F)NCCS(=O)(=O)c1ccccc1.I. The first-order valence-corrected chi connectivity index (χ1v) is 10.8. The molecule has 2 aromatic rings. The van der Waals surface area contributed by atoms with Crippen molar-refractivity contribution in [3.63, 3.8) is 0 Å². The minimum Gasteiger partial charge on any atom is -0.434 e.